The SMILES string of the molecule is C=Cc1cc2ccccc2nc1O[C@H]1CN[C@H](C(=O)OC)C1.Cl. The van der Waals surface area contributed by atoms with Crippen molar-refractivity contribution < 1.29 is 14.3 Å². The third kappa shape index (κ3) is 3.63. The number of esters is 1. The van der Waals surface area contributed by atoms with Gasteiger partial charge in [0, 0.05) is 23.9 Å². The zero-order valence-electron chi connectivity index (χ0n) is 12.8. The van der Waals surface area contributed by atoms with Crippen molar-refractivity contribution in [1.82, 2.24) is 10.3 Å². The number of pyridine rings is 1. The maximum atomic E-state index is 11.5. The highest BCUT2D eigenvalue weighted by molar-refractivity contribution is 5.85. The number of carbonyl (C=O) groups excluding carboxylic acids is 1. The van der Waals surface area contributed by atoms with Crippen molar-refractivity contribution in [2.75, 3.05) is 13.7 Å². The van der Waals surface area contributed by atoms with Crippen molar-refractivity contribution in [2.24, 2.45) is 0 Å². The van der Waals surface area contributed by atoms with Gasteiger partial charge in [-0.1, -0.05) is 30.9 Å². The number of halogens is 1. The van der Waals surface area contributed by atoms with Gasteiger partial charge in [0.05, 0.1) is 12.6 Å². The number of methoxy groups -OCH3 is 1. The molecule has 23 heavy (non-hydrogen) atoms. The third-order valence-corrected chi connectivity index (χ3v) is 3.79. The van der Waals surface area contributed by atoms with Gasteiger partial charge >= 0.3 is 5.97 Å². The van der Waals surface area contributed by atoms with Crippen molar-refractivity contribution in [3.63, 3.8) is 0 Å². The summed E-state index contributed by atoms with van der Waals surface area (Å²) in [6.45, 7) is 4.41. The van der Waals surface area contributed by atoms with Crippen LogP contribution in [-0.4, -0.2) is 36.8 Å². The van der Waals surface area contributed by atoms with Gasteiger partial charge in [-0.15, -0.1) is 12.4 Å². The standard InChI is InChI=1S/C17H18N2O3.ClH/c1-3-11-8-12-6-4-5-7-14(12)19-16(11)22-13-9-15(18-10-13)17(20)21-2;/h3-8,13,15,18H,1,9-10H2,2H3;1H/t13-,15+;/m1./s1. The van der Waals surface area contributed by atoms with E-state index < -0.39 is 0 Å². The summed E-state index contributed by atoms with van der Waals surface area (Å²) in [7, 11) is 1.39. The summed E-state index contributed by atoms with van der Waals surface area (Å²) in [6, 6.07) is 9.55. The maximum absolute atomic E-state index is 11.5. The van der Waals surface area contributed by atoms with E-state index in [9.17, 15) is 4.79 Å². The minimum atomic E-state index is -0.317. The number of para-hydroxylation sites is 1. The van der Waals surface area contributed by atoms with Crippen LogP contribution in [0, 0.1) is 0 Å². The Labute approximate surface area is 141 Å². The maximum Gasteiger partial charge on any atom is 0.323 e. The molecule has 0 spiro atoms. The number of aromatic nitrogens is 1. The molecule has 1 aliphatic heterocycles. The first-order valence-electron chi connectivity index (χ1n) is 7.21. The number of benzene rings is 1. The lowest BCUT2D eigenvalue weighted by molar-refractivity contribution is -0.142. The average Bonchev–Trinajstić information content (AvgIpc) is 3.02. The van der Waals surface area contributed by atoms with E-state index in [1.807, 2.05) is 30.3 Å². The van der Waals surface area contributed by atoms with Crippen LogP contribution < -0.4 is 10.1 Å². The normalized spacial score (nSPS) is 19.9. The molecule has 3 rings (SSSR count). The minimum absolute atomic E-state index is 0. The molecule has 2 atom stereocenters. The molecule has 1 N–H and O–H groups in total. The van der Waals surface area contributed by atoms with Gasteiger partial charge in [0.15, 0.2) is 0 Å². The second-order valence-corrected chi connectivity index (χ2v) is 5.24. The highest BCUT2D eigenvalue weighted by Crippen LogP contribution is 2.25. The zero-order chi connectivity index (χ0) is 15.5. The van der Waals surface area contributed by atoms with Crippen LogP contribution in [0.1, 0.15) is 12.0 Å². The van der Waals surface area contributed by atoms with Crippen molar-refractivity contribution >= 4 is 35.4 Å². The smallest absolute Gasteiger partial charge is 0.323 e. The first kappa shape index (κ1) is 17.2. The quantitative estimate of drug-likeness (QED) is 0.871. The summed E-state index contributed by atoms with van der Waals surface area (Å²) in [5, 5.41) is 4.14. The van der Waals surface area contributed by atoms with E-state index >= 15 is 0 Å². The molecular formula is C17H19ClN2O3. The lowest BCUT2D eigenvalue weighted by Crippen LogP contribution is -2.31. The Balaban J connectivity index is 0.00000192. The fourth-order valence-electron chi connectivity index (χ4n) is 2.63. The Morgan fingerprint density at radius 2 is 2.22 bits per heavy atom. The highest BCUT2D eigenvalue weighted by atomic mass is 35.5. The van der Waals surface area contributed by atoms with E-state index in [-0.39, 0.29) is 30.5 Å². The number of nitrogens with one attached hydrogen (secondary N) is 1. The first-order chi connectivity index (χ1) is 10.7. The third-order valence-electron chi connectivity index (χ3n) is 3.79. The summed E-state index contributed by atoms with van der Waals surface area (Å²) in [6.07, 6.45) is 2.18. The molecule has 1 aromatic heterocycles. The fraction of sp³-hybridized carbons (Fsp3) is 0.294. The van der Waals surface area contributed by atoms with Gasteiger partial charge < -0.3 is 14.8 Å². The molecule has 0 aliphatic carbocycles. The minimum Gasteiger partial charge on any atom is -0.472 e. The highest BCUT2D eigenvalue weighted by Gasteiger charge is 2.31. The van der Waals surface area contributed by atoms with Crippen LogP contribution in [-0.2, 0) is 9.53 Å². The van der Waals surface area contributed by atoms with E-state index in [0.29, 0.717) is 18.8 Å². The van der Waals surface area contributed by atoms with Crippen molar-refractivity contribution in [3.8, 4) is 5.88 Å². The van der Waals surface area contributed by atoms with E-state index in [1.165, 1.54) is 7.11 Å². The molecule has 2 heterocycles. The number of ether oxygens (including phenoxy) is 2. The summed E-state index contributed by atoms with van der Waals surface area (Å²) in [5.41, 5.74) is 1.72. The Morgan fingerprint density at radius 1 is 1.43 bits per heavy atom. The van der Waals surface area contributed by atoms with E-state index in [2.05, 4.69) is 16.9 Å². The molecule has 1 saturated heterocycles. The van der Waals surface area contributed by atoms with Crippen molar-refractivity contribution in [3.05, 3.63) is 42.5 Å². The number of nitrogens with zero attached hydrogens (tertiary/aromatic N) is 1. The van der Waals surface area contributed by atoms with Crippen LogP contribution in [0.4, 0.5) is 0 Å². The first-order valence-corrected chi connectivity index (χ1v) is 7.21. The zero-order valence-corrected chi connectivity index (χ0v) is 13.6. The van der Waals surface area contributed by atoms with Crippen LogP contribution in [0.3, 0.4) is 0 Å². The molecule has 122 valence electrons. The summed E-state index contributed by atoms with van der Waals surface area (Å²) >= 11 is 0. The molecule has 0 bridgehead atoms. The van der Waals surface area contributed by atoms with Gasteiger partial charge in [-0.3, -0.25) is 4.79 Å². The van der Waals surface area contributed by atoms with Crippen molar-refractivity contribution in [2.45, 2.75) is 18.6 Å². The van der Waals surface area contributed by atoms with E-state index in [4.69, 9.17) is 9.47 Å². The molecule has 0 radical (unpaired) electrons. The molecule has 5 nitrogen and oxygen atoms in total. The molecule has 6 heteroatoms. The number of fused-ring (bicyclic) bond motifs is 1. The number of hydrogen-bond donors (Lipinski definition) is 1. The predicted molar refractivity (Wildman–Crippen MR) is 91.9 cm³/mol. The van der Waals surface area contributed by atoms with E-state index in [1.54, 1.807) is 6.08 Å². The van der Waals surface area contributed by atoms with Crippen LogP contribution in [0.2, 0.25) is 0 Å². The number of carbonyl (C=O) groups is 1. The van der Waals surface area contributed by atoms with Crippen LogP contribution in [0.25, 0.3) is 17.0 Å². The molecular weight excluding hydrogens is 316 g/mol. The number of rotatable bonds is 4. The molecule has 1 aliphatic rings. The second kappa shape index (κ2) is 7.44. The molecule has 1 aromatic carbocycles. The summed E-state index contributed by atoms with van der Waals surface area (Å²) in [5.74, 6) is 0.285. The molecule has 0 amide bonds. The van der Waals surface area contributed by atoms with Crippen molar-refractivity contribution in [1.29, 1.82) is 0 Å². The van der Waals surface area contributed by atoms with Crippen LogP contribution in [0.5, 0.6) is 5.88 Å². The Hall–Kier alpha value is -2.11. The van der Waals surface area contributed by atoms with Gasteiger partial charge in [-0.2, -0.15) is 0 Å². The lowest BCUT2D eigenvalue weighted by atomic mass is 10.1. The van der Waals surface area contributed by atoms with Gasteiger partial charge in [0.1, 0.15) is 12.1 Å². The molecule has 2 aromatic rings. The van der Waals surface area contributed by atoms with Gasteiger partial charge in [0.25, 0.3) is 0 Å². The monoisotopic (exact) mass is 334 g/mol. The average molecular weight is 335 g/mol. The molecule has 1 fully saturated rings. The summed E-state index contributed by atoms with van der Waals surface area (Å²) in [4.78, 5) is 16.1. The fourth-order valence-corrected chi connectivity index (χ4v) is 2.63. The summed E-state index contributed by atoms with van der Waals surface area (Å²) < 4.78 is 10.7. The second-order valence-electron chi connectivity index (χ2n) is 5.24. The van der Waals surface area contributed by atoms with Gasteiger partial charge in [-0.05, 0) is 12.1 Å². The predicted octanol–water partition coefficient (Wildman–Crippen LogP) is 2.58. The Morgan fingerprint density at radius 3 is 2.96 bits per heavy atom. The molecule has 0 saturated carbocycles. The van der Waals surface area contributed by atoms with Gasteiger partial charge in [-0.25, -0.2) is 4.98 Å². The lowest BCUT2D eigenvalue weighted by Gasteiger charge is -2.14. The van der Waals surface area contributed by atoms with Crippen LogP contribution >= 0.6 is 12.4 Å². The number of hydrogen-bond acceptors (Lipinski definition) is 5. The van der Waals surface area contributed by atoms with Crippen LogP contribution in [0.15, 0.2) is 36.9 Å². The Kier molecular flexibility index (Phi) is 5.58. The van der Waals surface area contributed by atoms with E-state index in [0.717, 1.165) is 16.5 Å². The largest absolute Gasteiger partial charge is 0.472 e. The van der Waals surface area contributed by atoms with Gasteiger partial charge in [0.2, 0.25) is 5.88 Å². The Bertz CT molecular complexity index is 720. The molecule has 0 unspecified atom stereocenters. The topological polar surface area (TPSA) is 60.5 Å².